The Kier molecular flexibility index (Phi) is 5.59. The second-order valence-electron chi connectivity index (χ2n) is 5.55. The van der Waals surface area contributed by atoms with Gasteiger partial charge in [-0.1, -0.05) is 6.92 Å². The lowest BCUT2D eigenvalue weighted by Crippen LogP contribution is -2.51. The Hall–Kier alpha value is -0.700. The molecule has 2 rings (SSSR count). The number of hydrogen-bond acceptors (Lipinski definition) is 5. The summed E-state index contributed by atoms with van der Waals surface area (Å²) in [7, 11) is -2.07. The number of carbonyl (C=O) groups is 1. The average molecular weight is 319 g/mol. The van der Waals surface area contributed by atoms with Gasteiger partial charge in [0, 0.05) is 32.2 Å². The van der Waals surface area contributed by atoms with Gasteiger partial charge in [0.15, 0.2) is 0 Å². The van der Waals surface area contributed by atoms with Crippen molar-refractivity contribution < 1.29 is 17.9 Å². The number of nitrogens with one attached hydrogen (secondary N) is 1. The second-order valence-corrected chi connectivity index (χ2v) is 7.44. The fourth-order valence-corrected chi connectivity index (χ4v) is 4.98. The van der Waals surface area contributed by atoms with Crippen LogP contribution in [0.2, 0.25) is 0 Å². The lowest BCUT2D eigenvalue weighted by atomic mass is 9.99. The maximum Gasteiger partial charge on any atom is 0.308 e. The van der Waals surface area contributed by atoms with Crippen LogP contribution in [-0.2, 0) is 19.7 Å². The predicted molar refractivity (Wildman–Crippen MR) is 78.9 cm³/mol. The number of methoxy groups -OCH3 is 1. The van der Waals surface area contributed by atoms with E-state index >= 15 is 0 Å². The molecular formula is C13H25N3O4S. The van der Waals surface area contributed by atoms with E-state index in [4.69, 9.17) is 4.74 Å². The highest BCUT2D eigenvalue weighted by Crippen LogP contribution is 2.24. The van der Waals surface area contributed by atoms with Crippen molar-refractivity contribution in [1.82, 2.24) is 13.9 Å². The molecule has 1 unspecified atom stereocenters. The molecular weight excluding hydrogens is 294 g/mol. The van der Waals surface area contributed by atoms with Gasteiger partial charge in [-0.2, -0.15) is 17.0 Å². The van der Waals surface area contributed by atoms with E-state index < -0.39 is 10.2 Å². The summed E-state index contributed by atoms with van der Waals surface area (Å²) in [6.45, 7) is 4.70. The van der Waals surface area contributed by atoms with Crippen molar-refractivity contribution in [2.75, 3.05) is 39.8 Å². The first-order chi connectivity index (χ1) is 10.0. The minimum atomic E-state index is -3.44. The summed E-state index contributed by atoms with van der Waals surface area (Å²) in [5.41, 5.74) is 0. The molecule has 2 heterocycles. The van der Waals surface area contributed by atoms with Gasteiger partial charge in [-0.25, -0.2) is 0 Å². The highest BCUT2D eigenvalue weighted by molar-refractivity contribution is 7.86. The first-order valence-electron chi connectivity index (χ1n) is 7.56. The lowest BCUT2D eigenvalue weighted by molar-refractivity contribution is -0.146. The molecule has 0 spiro atoms. The van der Waals surface area contributed by atoms with Crippen LogP contribution >= 0.6 is 0 Å². The van der Waals surface area contributed by atoms with Gasteiger partial charge in [0.05, 0.1) is 13.0 Å². The second kappa shape index (κ2) is 7.04. The van der Waals surface area contributed by atoms with Crippen LogP contribution < -0.4 is 5.32 Å². The van der Waals surface area contributed by atoms with Gasteiger partial charge >= 0.3 is 5.97 Å². The van der Waals surface area contributed by atoms with Gasteiger partial charge in [-0.3, -0.25) is 4.79 Å². The summed E-state index contributed by atoms with van der Waals surface area (Å²) in [4.78, 5) is 11.5. The summed E-state index contributed by atoms with van der Waals surface area (Å²) in [5, 5.41) is 3.21. The third-order valence-electron chi connectivity index (χ3n) is 4.36. The Morgan fingerprint density at radius 3 is 2.48 bits per heavy atom. The minimum absolute atomic E-state index is 0.0401. The monoisotopic (exact) mass is 319 g/mol. The van der Waals surface area contributed by atoms with E-state index in [0.29, 0.717) is 39.0 Å². The van der Waals surface area contributed by atoms with Crippen LogP contribution in [0.25, 0.3) is 0 Å². The quantitative estimate of drug-likeness (QED) is 0.710. The molecule has 1 N–H and O–H groups in total. The Morgan fingerprint density at radius 1 is 1.33 bits per heavy atom. The summed E-state index contributed by atoms with van der Waals surface area (Å²) >= 11 is 0. The molecule has 0 amide bonds. The summed E-state index contributed by atoms with van der Waals surface area (Å²) in [5.74, 6) is -0.413. The van der Waals surface area contributed by atoms with Gasteiger partial charge in [0.25, 0.3) is 10.2 Å². The molecule has 8 heteroatoms. The standard InChI is InChI=1S/C13H25N3O4S/c1-3-16(12-4-7-14-10-12)21(18,19)15-8-5-11(6-9-15)13(17)20-2/h11-12,14H,3-10H2,1-2H3. The molecule has 7 nitrogen and oxygen atoms in total. The van der Waals surface area contributed by atoms with Crippen molar-refractivity contribution in [3.05, 3.63) is 0 Å². The van der Waals surface area contributed by atoms with Crippen molar-refractivity contribution in [1.29, 1.82) is 0 Å². The molecule has 0 radical (unpaired) electrons. The Morgan fingerprint density at radius 2 is 2.00 bits per heavy atom. The minimum Gasteiger partial charge on any atom is -0.469 e. The third kappa shape index (κ3) is 3.56. The molecule has 21 heavy (non-hydrogen) atoms. The van der Waals surface area contributed by atoms with E-state index in [1.165, 1.54) is 11.4 Å². The molecule has 0 aromatic heterocycles. The van der Waals surface area contributed by atoms with Gasteiger partial charge in [-0.15, -0.1) is 0 Å². The summed E-state index contributed by atoms with van der Waals surface area (Å²) in [6.07, 6.45) is 1.92. The molecule has 0 saturated carbocycles. The van der Waals surface area contributed by atoms with Gasteiger partial charge in [0.2, 0.25) is 0 Å². The number of likely N-dealkylation sites (N-methyl/N-ethyl adjacent to an activating group) is 1. The molecule has 1 atom stereocenters. The van der Waals surface area contributed by atoms with Crippen molar-refractivity contribution in [3.8, 4) is 0 Å². The van der Waals surface area contributed by atoms with Crippen molar-refractivity contribution in [2.24, 2.45) is 5.92 Å². The number of esters is 1. The zero-order chi connectivity index (χ0) is 15.5. The SMILES string of the molecule is CCN(C1CCNC1)S(=O)(=O)N1CCC(C(=O)OC)CC1. The van der Waals surface area contributed by atoms with Crippen molar-refractivity contribution in [2.45, 2.75) is 32.2 Å². The van der Waals surface area contributed by atoms with Crippen LogP contribution in [0.5, 0.6) is 0 Å². The molecule has 0 aliphatic carbocycles. The van der Waals surface area contributed by atoms with Crippen LogP contribution in [-0.4, -0.2) is 68.9 Å². The van der Waals surface area contributed by atoms with E-state index in [9.17, 15) is 13.2 Å². The van der Waals surface area contributed by atoms with Crippen molar-refractivity contribution in [3.63, 3.8) is 0 Å². The van der Waals surface area contributed by atoms with E-state index in [0.717, 1.165) is 13.0 Å². The van der Waals surface area contributed by atoms with Crippen molar-refractivity contribution >= 4 is 16.2 Å². The molecule has 2 aliphatic heterocycles. The molecule has 2 saturated heterocycles. The van der Waals surface area contributed by atoms with Crippen LogP contribution in [0.15, 0.2) is 0 Å². The zero-order valence-corrected chi connectivity index (χ0v) is 13.6. The maximum atomic E-state index is 12.8. The fourth-order valence-electron chi connectivity index (χ4n) is 3.13. The van der Waals surface area contributed by atoms with Gasteiger partial charge < -0.3 is 10.1 Å². The molecule has 2 fully saturated rings. The normalized spacial score (nSPS) is 25.4. The number of piperidine rings is 1. The number of ether oxygens (including phenoxy) is 1. The van der Waals surface area contributed by atoms with E-state index in [1.54, 1.807) is 4.31 Å². The highest BCUT2D eigenvalue weighted by Gasteiger charge is 2.38. The highest BCUT2D eigenvalue weighted by atomic mass is 32.2. The third-order valence-corrected chi connectivity index (χ3v) is 6.53. The predicted octanol–water partition coefficient (Wildman–Crippen LogP) is -0.200. The zero-order valence-electron chi connectivity index (χ0n) is 12.7. The first-order valence-corrected chi connectivity index (χ1v) is 8.95. The number of hydrogen-bond donors (Lipinski definition) is 1. The van der Waals surface area contributed by atoms with E-state index in [1.807, 2.05) is 6.92 Å². The van der Waals surface area contributed by atoms with E-state index in [-0.39, 0.29) is 17.9 Å². The average Bonchev–Trinajstić information content (AvgIpc) is 3.01. The summed E-state index contributed by atoms with van der Waals surface area (Å²) in [6, 6.07) is 0.0401. The smallest absolute Gasteiger partial charge is 0.308 e. The molecule has 2 aliphatic rings. The molecule has 0 aromatic rings. The summed E-state index contributed by atoms with van der Waals surface area (Å²) < 4.78 is 33.3. The molecule has 122 valence electrons. The van der Waals surface area contributed by atoms with Crippen LogP contribution in [0.4, 0.5) is 0 Å². The number of nitrogens with zero attached hydrogens (tertiary/aromatic N) is 2. The van der Waals surface area contributed by atoms with Crippen LogP contribution in [0, 0.1) is 5.92 Å². The van der Waals surface area contributed by atoms with Gasteiger partial charge in [-0.05, 0) is 25.8 Å². The molecule has 0 aromatic carbocycles. The number of rotatable bonds is 5. The van der Waals surface area contributed by atoms with Crippen LogP contribution in [0.3, 0.4) is 0 Å². The largest absolute Gasteiger partial charge is 0.469 e. The fraction of sp³-hybridized carbons (Fsp3) is 0.923. The Balaban J connectivity index is 2.01. The van der Waals surface area contributed by atoms with Gasteiger partial charge in [0.1, 0.15) is 0 Å². The van der Waals surface area contributed by atoms with Crippen LogP contribution in [0.1, 0.15) is 26.2 Å². The first kappa shape index (κ1) is 16.7. The van der Waals surface area contributed by atoms with E-state index in [2.05, 4.69) is 5.32 Å². The molecule has 0 bridgehead atoms. The Bertz CT molecular complexity index is 454. The topological polar surface area (TPSA) is 79.0 Å². The Labute approximate surface area is 126 Å². The maximum absolute atomic E-state index is 12.8. The lowest BCUT2D eigenvalue weighted by Gasteiger charge is -2.35. The number of carbonyl (C=O) groups excluding carboxylic acids is 1.